The lowest BCUT2D eigenvalue weighted by molar-refractivity contribution is -0.131. The van der Waals surface area contributed by atoms with Gasteiger partial charge in [-0.25, -0.2) is 9.97 Å². The number of amides is 1. The number of piperazine rings is 1. The zero-order valence-corrected chi connectivity index (χ0v) is 14.1. The molecule has 122 valence electrons. The summed E-state index contributed by atoms with van der Waals surface area (Å²) in [6, 6.07) is 2.03. The fourth-order valence-electron chi connectivity index (χ4n) is 2.57. The maximum atomic E-state index is 12.0. The third-order valence-electron chi connectivity index (χ3n) is 3.92. The van der Waals surface area contributed by atoms with Crippen LogP contribution >= 0.6 is 0 Å². The van der Waals surface area contributed by atoms with Gasteiger partial charge in [-0.3, -0.25) is 4.79 Å². The first-order valence-electron chi connectivity index (χ1n) is 8.04. The van der Waals surface area contributed by atoms with E-state index in [2.05, 4.69) is 34.0 Å². The van der Waals surface area contributed by atoms with Gasteiger partial charge < -0.3 is 15.1 Å². The summed E-state index contributed by atoms with van der Waals surface area (Å²) in [5.41, 5.74) is 1.00. The first-order valence-corrected chi connectivity index (χ1v) is 8.04. The Morgan fingerprint density at radius 1 is 1.27 bits per heavy atom. The summed E-state index contributed by atoms with van der Waals surface area (Å²) < 4.78 is 0. The highest BCUT2D eigenvalue weighted by atomic mass is 16.2. The monoisotopic (exact) mass is 305 g/mol. The normalized spacial score (nSPS) is 15.5. The Hall–Kier alpha value is -1.69. The minimum absolute atomic E-state index is 0.232. The molecule has 0 saturated carbocycles. The largest absolute Gasteiger partial charge is 0.353 e. The third-order valence-corrected chi connectivity index (χ3v) is 3.92. The van der Waals surface area contributed by atoms with E-state index in [1.54, 1.807) is 0 Å². The van der Waals surface area contributed by atoms with Gasteiger partial charge in [-0.1, -0.05) is 13.8 Å². The summed E-state index contributed by atoms with van der Waals surface area (Å²) >= 11 is 0. The molecule has 1 amide bonds. The van der Waals surface area contributed by atoms with Gasteiger partial charge >= 0.3 is 0 Å². The molecule has 1 aromatic heterocycles. The molecule has 2 rings (SSSR count). The van der Waals surface area contributed by atoms with Gasteiger partial charge in [0.15, 0.2) is 0 Å². The highest BCUT2D eigenvalue weighted by molar-refractivity contribution is 5.76. The molecular formula is C16H27N5O. The van der Waals surface area contributed by atoms with Crippen LogP contribution in [-0.2, 0) is 4.79 Å². The molecule has 1 saturated heterocycles. The van der Waals surface area contributed by atoms with Gasteiger partial charge in [0.2, 0.25) is 5.91 Å². The van der Waals surface area contributed by atoms with E-state index < -0.39 is 0 Å². The summed E-state index contributed by atoms with van der Waals surface area (Å²) in [6.45, 7) is 10.2. The van der Waals surface area contributed by atoms with Crippen molar-refractivity contribution in [3.8, 4) is 0 Å². The lowest BCUT2D eigenvalue weighted by atomic mass is 10.2. The predicted octanol–water partition coefficient (Wildman–Crippen LogP) is 1.17. The Morgan fingerprint density at radius 3 is 2.55 bits per heavy atom. The number of hydrogen-bond donors (Lipinski definition) is 1. The fourth-order valence-corrected chi connectivity index (χ4v) is 2.57. The molecule has 6 nitrogen and oxygen atoms in total. The average molecular weight is 305 g/mol. The summed E-state index contributed by atoms with van der Waals surface area (Å²) in [5.74, 6) is 2.43. The van der Waals surface area contributed by atoms with E-state index in [1.165, 1.54) is 0 Å². The van der Waals surface area contributed by atoms with Gasteiger partial charge in [0.25, 0.3) is 0 Å². The van der Waals surface area contributed by atoms with Crippen molar-refractivity contribution in [1.29, 1.82) is 0 Å². The SMILES string of the molecule is CNCCC(=O)N1CCN(c2cc(C)nc(C(C)C)n2)CC1. The van der Waals surface area contributed by atoms with Crippen molar-refractivity contribution in [2.24, 2.45) is 0 Å². The lowest BCUT2D eigenvalue weighted by Crippen LogP contribution is -2.49. The number of aryl methyl sites for hydroxylation is 1. The molecule has 0 aromatic carbocycles. The number of carbonyl (C=O) groups excluding carboxylic acids is 1. The first-order chi connectivity index (χ1) is 10.5. The summed E-state index contributed by atoms with van der Waals surface area (Å²) in [4.78, 5) is 25.4. The Labute approximate surface area is 132 Å². The molecular weight excluding hydrogens is 278 g/mol. The number of hydrogen-bond acceptors (Lipinski definition) is 5. The van der Waals surface area contributed by atoms with Crippen molar-refractivity contribution in [1.82, 2.24) is 20.2 Å². The quantitative estimate of drug-likeness (QED) is 0.885. The zero-order chi connectivity index (χ0) is 16.1. The second-order valence-electron chi connectivity index (χ2n) is 6.10. The van der Waals surface area contributed by atoms with Crippen LogP contribution in [0.25, 0.3) is 0 Å². The molecule has 0 bridgehead atoms. The summed E-state index contributed by atoms with van der Waals surface area (Å²) in [7, 11) is 1.87. The van der Waals surface area contributed by atoms with Crippen molar-refractivity contribution in [2.45, 2.75) is 33.1 Å². The van der Waals surface area contributed by atoms with Crippen molar-refractivity contribution in [3.63, 3.8) is 0 Å². The first kappa shape index (κ1) is 16.7. The van der Waals surface area contributed by atoms with Crippen molar-refractivity contribution in [2.75, 3.05) is 44.7 Å². The van der Waals surface area contributed by atoms with Crippen LogP contribution in [0.2, 0.25) is 0 Å². The Kier molecular flexibility index (Phi) is 5.71. The fraction of sp³-hybridized carbons (Fsp3) is 0.688. The number of carbonyl (C=O) groups is 1. The highest BCUT2D eigenvalue weighted by Crippen LogP contribution is 2.18. The molecule has 0 unspecified atom stereocenters. The molecule has 0 atom stereocenters. The Balaban J connectivity index is 1.98. The third kappa shape index (κ3) is 4.16. The molecule has 1 aromatic rings. The van der Waals surface area contributed by atoms with E-state index in [1.807, 2.05) is 24.9 Å². The van der Waals surface area contributed by atoms with E-state index in [0.717, 1.165) is 50.1 Å². The van der Waals surface area contributed by atoms with Gasteiger partial charge in [0, 0.05) is 56.8 Å². The second kappa shape index (κ2) is 7.54. The van der Waals surface area contributed by atoms with E-state index in [-0.39, 0.29) is 5.91 Å². The summed E-state index contributed by atoms with van der Waals surface area (Å²) in [5, 5.41) is 3.02. The summed E-state index contributed by atoms with van der Waals surface area (Å²) in [6.07, 6.45) is 0.570. The average Bonchev–Trinajstić information content (AvgIpc) is 2.52. The van der Waals surface area contributed by atoms with Crippen LogP contribution in [-0.4, -0.2) is 60.5 Å². The molecule has 0 aliphatic carbocycles. The van der Waals surface area contributed by atoms with E-state index in [4.69, 9.17) is 0 Å². The maximum Gasteiger partial charge on any atom is 0.223 e. The molecule has 0 spiro atoms. The van der Waals surface area contributed by atoms with Crippen molar-refractivity contribution in [3.05, 3.63) is 17.6 Å². The number of anilines is 1. The van der Waals surface area contributed by atoms with E-state index >= 15 is 0 Å². The van der Waals surface area contributed by atoms with Gasteiger partial charge in [0.05, 0.1) is 0 Å². The molecule has 0 radical (unpaired) electrons. The van der Waals surface area contributed by atoms with Gasteiger partial charge in [0.1, 0.15) is 11.6 Å². The Bertz CT molecular complexity index is 509. The second-order valence-corrected chi connectivity index (χ2v) is 6.10. The van der Waals surface area contributed by atoms with Crippen molar-refractivity contribution < 1.29 is 4.79 Å². The van der Waals surface area contributed by atoms with Crippen LogP contribution in [0.3, 0.4) is 0 Å². The van der Waals surface area contributed by atoms with Crippen LogP contribution in [0.5, 0.6) is 0 Å². The predicted molar refractivity (Wildman–Crippen MR) is 88.2 cm³/mol. The van der Waals surface area contributed by atoms with Crippen LogP contribution in [0, 0.1) is 6.92 Å². The molecule has 1 N–H and O–H groups in total. The van der Waals surface area contributed by atoms with Crippen LogP contribution in [0.1, 0.15) is 37.7 Å². The number of rotatable bonds is 5. The molecule has 1 fully saturated rings. The van der Waals surface area contributed by atoms with Crippen LogP contribution in [0.15, 0.2) is 6.07 Å². The molecule has 1 aliphatic heterocycles. The zero-order valence-electron chi connectivity index (χ0n) is 14.1. The van der Waals surface area contributed by atoms with Gasteiger partial charge in [-0.2, -0.15) is 0 Å². The number of nitrogens with zero attached hydrogens (tertiary/aromatic N) is 4. The molecule has 22 heavy (non-hydrogen) atoms. The molecule has 1 aliphatic rings. The topological polar surface area (TPSA) is 61.4 Å². The van der Waals surface area contributed by atoms with Crippen LogP contribution in [0.4, 0.5) is 5.82 Å². The highest BCUT2D eigenvalue weighted by Gasteiger charge is 2.22. The van der Waals surface area contributed by atoms with Crippen LogP contribution < -0.4 is 10.2 Å². The Morgan fingerprint density at radius 2 is 1.95 bits per heavy atom. The lowest BCUT2D eigenvalue weighted by Gasteiger charge is -2.35. The smallest absolute Gasteiger partial charge is 0.223 e. The minimum Gasteiger partial charge on any atom is -0.353 e. The molecule has 2 heterocycles. The maximum absolute atomic E-state index is 12.0. The van der Waals surface area contributed by atoms with Crippen molar-refractivity contribution >= 4 is 11.7 Å². The number of aromatic nitrogens is 2. The minimum atomic E-state index is 0.232. The van der Waals surface area contributed by atoms with Gasteiger partial charge in [-0.05, 0) is 14.0 Å². The van der Waals surface area contributed by atoms with E-state index in [0.29, 0.717) is 12.3 Å². The van der Waals surface area contributed by atoms with Gasteiger partial charge in [-0.15, -0.1) is 0 Å². The van der Waals surface area contributed by atoms with E-state index in [9.17, 15) is 4.79 Å². The standard InChI is InChI=1S/C16H27N5O/c1-12(2)16-18-13(3)11-14(19-16)20-7-9-21(10-8-20)15(22)5-6-17-4/h11-12,17H,5-10H2,1-4H3. The molecule has 6 heteroatoms. The number of nitrogens with one attached hydrogen (secondary N) is 1.